The summed E-state index contributed by atoms with van der Waals surface area (Å²) in [6.45, 7) is 2.04. The van der Waals surface area contributed by atoms with Gasteiger partial charge in [-0.2, -0.15) is 5.26 Å². The van der Waals surface area contributed by atoms with Crippen LogP contribution >= 0.6 is 0 Å². The number of nitriles is 1. The van der Waals surface area contributed by atoms with Crippen LogP contribution in [0.5, 0.6) is 0 Å². The number of aromatic nitrogens is 2. The van der Waals surface area contributed by atoms with Crippen LogP contribution in [0.2, 0.25) is 0 Å². The van der Waals surface area contributed by atoms with Gasteiger partial charge in [0.1, 0.15) is 5.82 Å². The van der Waals surface area contributed by atoms with E-state index in [0.717, 1.165) is 34.5 Å². The van der Waals surface area contributed by atoms with E-state index in [0.29, 0.717) is 5.56 Å². The van der Waals surface area contributed by atoms with Crippen molar-refractivity contribution >= 4 is 0 Å². The Balaban J connectivity index is 1.86. The normalized spacial score (nSPS) is 10.2. The lowest BCUT2D eigenvalue weighted by Gasteiger charge is -2.05. The van der Waals surface area contributed by atoms with Gasteiger partial charge in [-0.15, -0.1) is 0 Å². The average Bonchev–Trinajstić information content (AvgIpc) is 2.62. The van der Waals surface area contributed by atoms with Gasteiger partial charge in [-0.05, 0) is 28.8 Å². The molecule has 0 saturated heterocycles. The number of nitrogens with zero attached hydrogens (tertiary/aromatic N) is 3. The molecular weight excluding hydrogens is 270 g/mol. The highest BCUT2D eigenvalue weighted by molar-refractivity contribution is 5.70. The molecule has 3 heteroatoms. The summed E-state index contributed by atoms with van der Waals surface area (Å²) in [6, 6.07) is 18.0. The van der Waals surface area contributed by atoms with Gasteiger partial charge in [0.2, 0.25) is 0 Å². The van der Waals surface area contributed by atoms with Crippen LogP contribution in [0.3, 0.4) is 0 Å². The molecular formula is C19H15N3. The molecule has 0 radical (unpaired) electrons. The molecule has 22 heavy (non-hydrogen) atoms. The molecule has 3 rings (SSSR count). The Kier molecular flexibility index (Phi) is 3.93. The first kappa shape index (κ1) is 14.0. The van der Waals surface area contributed by atoms with Crippen molar-refractivity contribution in [3.05, 3.63) is 72.3 Å². The maximum Gasteiger partial charge on any atom is 0.127 e. The summed E-state index contributed by atoms with van der Waals surface area (Å²) in [4.78, 5) is 8.66. The summed E-state index contributed by atoms with van der Waals surface area (Å²) in [5.41, 5.74) is 5.01. The second-order valence-corrected chi connectivity index (χ2v) is 5.01. The van der Waals surface area contributed by atoms with E-state index in [2.05, 4.69) is 40.3 Å². The quantitative estimate of drug-likeness (QED) is 0.723. The molecule has 1 aromatic heterocycles. The van der Waals surface area contributed by atoms with E-state index in [-0.39, 0.29) is 0 Å². The molecule has 0 atom stereocenters. The van der Waals surface area contributed by atoms with E-state index in [1.54, 1.807) is 0 Å². The molecule has 106 valence electrons. The molecule has 2 aromatic carbocycles. The maximum atomic E-state index is 8.84. The third-order valence-corrected chi connectivity index (χ3v) is 3.59. The summed E-state index contributed by atoms with van der Waals surface area (Å²) >= 11 is 0. The Bertz CT molecular complexity index is 795. The van der Waals surface area contributed by atoms with Crippen molar-refractivity contribution in [3.8, 4) is 28.3 Å². The van der Waals surface area contributed by atoms with Gasteiger partial charge in [0.05, 0.1) is 11.6 Å². The topological polar surface area (TPSA) is 49.6 Å². The van der Waals surface area contributed by atoms with E-state index in [1.807, 2.05) is 43.6 Å². The van der Waals surface area contributed by atoms with Crippen LogP contribution in [0.4, 0.5) is 0 Å². The lowest BCUT2D eigenvalue weighted by atomic mass is 10.0. The van der Waals surface area contributed by atoms with Crippen LogP contribution in [0.1, 0.15) is 18.3 Å². The zero-order valence-electron chi connectivity index (χ0n) is 12.3. The van der Waals surface area contributed by atoms with Gasteiger partial charge in [0, 0.05) is 24.4 Å². The lowest BCUT2D eigenvalue weighted by Crippen LogP contribution is -1.92. The van der Waals surface area contributed by atoms with Crippen molar-refractivity contribution in [1.29, 1.82) is 5.26 Å². The lowest BCUT2D eigenvalue weighted by molar-refractivity contribution is 0.941. The van der Waals surface area contributed by atoms with Gasteiger partial charge in [-0.25, -0.2) is 9.97 Å². The second kappa shape index (κ2) is 6.19. The van der Waals surface area contributed by atoms with Crippen LogP contribution in [0, 0.1) is 11.3 Å². The van der Waals surface area contributed by atoms with Crippen molar-refractivity contribution in [2.45, 2.75) is 13.3 Å². The summed E-state index contributed by atoms with van der Waals surface area (Å²) in [5, 5.41) is 8.84. The number of rotatable bonds is 3. The Morgan fingerprint density at radius 1 is 0.773 bits per heavy atom. The first-order chi connectivity index (χ1) is 10.8. The third-order valence-electron chi connectivity index (χ3n) is 3.59. The van der Waals surface area contributed by atoms with Gasteiger partial charge in [0.25, 0.3) is 0 Å². The number of aryl methyl sites for hydroxylation is 1. The minimum Gasteiger partial charge on any atom is -0.241 e. The molecule has 0 N–H and O–H groups in total. The van der Waals surface area contributed by atoms with Crippen molar-refractivity contribution in [2.24, 2.45) is 0 Å². The van der Waals surface area contributed by atoms with Crippen molar-refractivity contribution in [2.75, 3.05) is 0 Å². The first-order valence-electron chi connectivity index (χ1n) is 7.22. The largest absolute Gasteiger partial charge is 0.241 e. The van der Waals surface area contributed by atoms with Gasteiger partial charge in [-0.1, -0.05) is 43.3 Å². The Hall–Kier alpha value is -2.99. The highest BCUT2D eigenvalue weighted by Gasteiger charge is 2.02. The van der Waals surface area contributed by atoms with Crippen molar-refractivity contribution in [3.63, 3.8) is 0 Å². The smallest absolute Gasteiger partial charge is 0.127 e. The Morgan fingerprint density at radius 2 is 1.23 bits per heavy atom. The SMILES string of the molecule is CCc1ncc(-c2ccc(-c3ccc(C#N)cc3)cc2)cn1. The monoisotopic (exact) mass is 285 g/mol. The van der Waals surface area contributed by atoms with E-state index in [4.69, 9.17) is 5.26 Å². The highest BCUT2D eigenvalue weighted by atomic mass is 14.9. The second-order valence-electron chi connectivity index (χ2n) is 5.01. The average molecular weight is 285 g/mol. The zero-order chi connectivity index (χ0) is 15.4. The number of hydrogen-bond acceptors (Lipinski definition) is 3. The molecule has 0 aliphatic rings. The maximum absolute atomic E-state index is 8.84. The summed E-state index contributed by atoms with van der Waals surface area (Å²) in [6.07, 6.45) is 4.57. The molecule has 0 amide bonds. The van der Waals surface area contributed by atoms with Gasteiger partial charge >= 0.3 is 0 Å². The minimum absolute atomic E-state index is 0.675. The molecule has 3 nitrogen and oxygen atoms in total. The van der Waals surface area contributed by atoms with Crippen LogP contribution in [0.15, 0.2) is 60.9 Å². The van der Waals surface area contributed by atoms with E-state index in [1.165, 1.54) is 0 Å². The van der Waals surface area contributed by atoms with Crippen LogP contribution in [-0.4, -0.2) is 9.97 Å². The molecule has 0 bridgehead atoms. The fourth-order valence-electron chi connectivity index (χ4n) is 2.28. The highest BCUT2D eigenvalue weighted by Crippen LogP contribution is 2.24. The molecule has 0 spiro atoms. The molecule has 0 fully saturated rings. The first-order valence-corrected chi connectivity index (χ1v) is 7.22. The van der Waals surface area contributed by atoms with Crippen LogP contribution < -0.4 is 0 Å². The zero-order valence-corrected chi connectivity index (χ0v) is 12.3. The molecule has 3 aromatic rings. The van der Waals surface area contributed by atoms with E-state index in [9.17, 15) is 0 Å². The predicted molar refractivity (Wildman–Crippen MR) is 87.0 cm³/mol. The van der Waals surface area contributed by atoms with Crippen molar-refractivity contribution < 1.29 is 0 Å². The fourth-order valence-corrected chi connectivity index (χ4v) is 2.28. The summed E-state index contributed by atoms with van der Waals surface area (Å²) < 4.78 is 0. The summed E-state index contributed by atoms with van der Waals surface area (Å²) in [7, 11) is 0. The fraction of sp³-hybridized carbons (Fsp3) is 0.105. The van der Waals surface area contributed by atoms with Crippen LogP contribution in [-0.2, 0) is 6.42 Å². The van der Waals surface area contributed by atoms with Crippen molar-refractivity contribution in [1.82, 2.24) is 9.97 Å². The van der Waals surface area contributed by atoms with Crippen LogP contribution in [0.25, 0.3) is 22.3 Å². The standard InChI is InChI=1S/C19H15N3/c1-2-19-21-12-18(13-22-19)17-9-7-16(8-10-17)15-5-3-14(11-20)4-6-15/h3-10,12-13H,2H2,1H3. The van der Waals surface area contributed by atoms with Gasteiger partial charge in [0.15, 0.2) is 0 Å². The molecule has 0 unspecified atom stereocenters. The van der Waals surface area contributed by atoms with Gasteiger partial charge < -0.3 is 0 Å². The number of benzene rings is 2. The molecule has 1 heterocycles. The van der Waals surface area contributed by atoms with Gasteiger partial charge in [-0.3, -0.25) is 0 Å². The molecule has 0 aliphatic carbocycles. The minimum atomic E-state index is 0.675. The number of hydrogen-bond donors (Lipinski definition) is 0. The van der Waals surface area contributed by atoms with E-state index >= 15 is 0 Å². The third kappa shape index (κ3) is 2.87. The molecule has 0 aliphatic heterocycles. The van der Waals surface area contributed by atoms with E-state index < -0.39 is 0 Å². The molecule has 0 saturated carbocycles. The predicted octanol–water partition coefficient (Wildman–Crippen LogP) is 4.24. The summed E-state index contributed by atoms with van der Waals surface area (Å²) in [5.74, 6) is 0.859. The Labute approximate surface area is 129 Å². The Morgan fingerprint density at radius 3 is 1.68 bits per heavy atom.